The Bertz CT molecular complexity index is 1260. The van der Waals surface area contributed by atoms with Crippen molar-refractivity contribution in [2.24, 2.45) is 0 Å². The zero-order valence-electron chi connectivity index (χ0n) is 21.7. The van der Waals surface area contributed by atoms with E-state index in [1.165, 1.54) is 16.2 Å². The summed E-state index contributed by atoms with van der Waals surface area (Å²) >= 11 is 7.13. The van der Waals surface area contributed by atoms with Crippen LogP contribution in [0.1, 0.15) is 35.5 Å². The van der Waals surface area contributed by atoms with Gasteiger partial charge in [-0.25, -0.2) is 4.98 Å². The van der Waals surface area contributed by atoms with Gasteiger partial charge in [-0.2, -0.15) is 0 Å². The number of ether oxygens (including phenoxy) is 2. The van der Waals surface area contributed by atoms with E-state index >= 15 is 0 Å². The summed E-state index contributed by atoms with van der Waals surface area (Å²) in [5.41, 5.74) is 2.00. The summed E-state index contributed by atoms with van der Waals surface area (Å²) in [5.74, 6) is 0.474. The van der Waals surface area contributed by atoms with Gasteiger partial charge in [0.15, 0.2) is 16.6 Å². The third-order valence-electron chi connectivity index (χ3n) is 5.61. The Kier molecular flexibility index (Phi) is 10.5. The van der Waals surface area contributed by atoms with E-state index in [1.807, 2.05) is 32.0 Å². The Labute approximate surface area is 231 Å². The first-order valence-corrected chi connectivity index (χ1v) is 13.2. The van der Waals surface area contributed by atoms with Crippen LogP contribution in [0.5, 0.6) is 11.5 Å². The molecule has 0 radical (unpaired) electrons. The predicted molar refractivity (Wildman–Crippen MR) is 148 cm³/mol. The highest BCUT2D eigenvalue weighted by Crippen LogP contribution is 2.27. The number of nitrogens with one attached hydrogen (secondary N) is 2. The molecule has 3 amide bonds. The van der Waals surface area contributed by atoms with E-state index in [1.54, 1.807) is 43.9 Å². The Balaban J connectivity index is 1.48. The fourth-order valence-corrected chi connectivity index (χ4v) is 4.47. The van der Waals surface area contributed by atoms with Gasteiger partial charge in [0.05, 0.1) is 26.3 Å². The van der Waals surface area contributed by atoms with Gasteiger partial charge in [-0.3, -0.25) is 14.4 Å². The summed E-state index contributed by atoms with van der Waals surface area (Å²) in [6, 6.07) is 12.0. The number of aromatic nitrogens is 1. The molecule has 2 N–H and O–H groups in total. The zero-order chi connectivity index (χ0) is 27.7. The number of nitrogens with zero attached hydrogens (tertiary/aromatic N) is 2. The summed E-state index contributed by atoms with van der Waals surface area (Å²) in [6.45, 7) is 4.00. The van der Waals surface area contributed by atoms with E-state index in [2.05, 4.69) is 15.6 Å². The lowest BCUT2D eigenvalue weighted by Gasteiger charge is -2.26. The molecule has 202 valence electrons. The number of rotatable bonds is 12. The van der Waals surface area contributed by atoms with Crippen LogP contribution in [0, 0.1) is 0 Å². The minimum Gasteiger partial charge on any atom is -0.493 e. The van der Waals surface area contributed by atoms with Gasteiger partial charge in [-0.15, -0.1) is 11.3 Å². The molecule has 0 atom stereocenters. The molecule has 9 nitrogen and oxygen atoms in total. The van der Waals surface area contributed by atoms with Gasteiger partial charge >= 0.3 is 0 Å². The molecule has 0 unspecified atom stereocenters. The van der Waals surface area contributed by atoms with E-state index in [0.717, 1.165) is 5.56 Å². The molecule has 3 aromatic rings. The summed E-state index contributed by atoms with van der Waals surface area (Å²) in [7, 11) is 3.16. The third-order valence-corrected chi connectivity index (χ3v) is 6.67. The number of anilines is 1. The van der Waals surface area contributed by atoms with Crippen LogP contribution in [0.2, 0.25) is 5.02 Å². The van der Waals surface area contributed by atoms with E-state index in [4.69, 9.17) is 21.1 Å². The topological polar surface area (TPSA) is 110 Å². The lowest BCUT2D eigenvalue weighted by molar-refractivity contribution is -0.120. The molecule has 3 rings (SSSR count). The van der Waals surface area contributed by atoms with Crippen molar-refractivity contribution in [3.63, 3.8) is 0 Å². The highest BCUT2D eigenvalue weighted by molar-refractivity contribution is 7.13. The van der Waals surface area contributed by atoms with Gasteiger partial charge in [0.2, 0.25) is 11.8 Å². The van der Waals surface area contributed by atoms with Crippen molar-refractivity contribution in [2.45, 2.75) is 32.7 Å². The molecular formula is C27H31ClN4O5S. The van der Waals surface area contributed by atoms with E-state index in [0.29, 0.717) is 45.9 Å². The molecule has 0 aliphatic carbocycles. The van der Waals surface area contributed by atoms with Crippen LogP contribution in [-0.2, 0) is 22.4 Å². The lowest BCUT2D eigenvalue weighted by atomic mass is 10.1. The minimum absolute atomic E-state index is 0.0888. The van der Waals surface area contributed by atoms with Crippen LogP contribution < -0.4 is 20.1 Å². The van der Waals surface area contributed by atoms with Crippen LogP contribution in [0.4, 0.5) is 5.13 Å². The molecule has 0 saturated carbocycles. The van der Waals surface area contributed by atoms with Gasteiger partial charge in [0, 0.05) is 28.6 Å². The summed E-state index contributed by atoms with van der Waals surface area (Å²) in [5, 5.41) is 8.22. The van der Waals surface area contributed by atoms with Gasteiger partial charge in [-0.1, -0.05) is 17.7 Å². The fourth-order valence-electron chi connectivity index (χ4n) is 3.62. The van der Waals surface area contributed by atoms with Crippen LogP contribution in [0.3, 0.4) is 0 Å². The summed E-state index contributed by atoms with van der Waals surface area (Å²) in [4.78, 5) is 43.7. The molecule has 1 aromatic heterocycles. The molecule has 0 bridgehead atoms. The number of amides is 3. The Morgan fingerprint density at radius 3 is 2.39 bits per heavy atom. The number of methoxy groups -OCH3 is 2. The molecule has 2 aromatic carbocycles. The fraction of sp³-hybridized carbons (Fsp3) is 0.333. The van der Waals surface area contributed by atoms with Crippen molar-refractivity contribution in [3.8, 4) is 11.5 Å². The second kappa shape index (κ2) is 13.8. The van der Waals surface area contributed by atoms with Crippen LogP contribution >= 0.6 is 22.9 Å². The van der Waals surface area contributed by atoms with Crippen molar-refractivity contribution in [1.29, 1.82) is 0 Å². The number of carbonyl (C=O) groups is 3. The first-order chi connectivity index (χ1) is 18.2. The van der Waals surface area contributed by atoms with E-state index < -0.39 is 0 Å². The average Bonchev–Trinajstić information content (AvgIpc) is 3.33. The monoisotopic (exact) mass is 558 g/mol. The second-order valence-corrected chi connectivity index (χ2v) is 9.99. The van der Waals surface area contributed by atoms with Gasteiger partial charge in [0.1, 0.15) is 6.54 Å². The van der Waals surface area contributed by atoms with Crippen molar-refractivity contribution in [2.75, 3.05) is 32.6 Å². The van der Waals surface area contributed by atoms with Crippen molar-refractivity contribution < 1.29 is 23.9 Å². The Hall–Kier alpha value is -3.63. The summed E-state index contributed by atoms with van der Waals surface area (Å²) < 4.78 is 10.5. The second-order valence-electron chi connectivity index (χ2n) is 8.69. The highest BCUT2D eigenvalue weighted by atomic mass is 35.5. The smallest absolute Gasteiger partial charge is 0.254 e. The maximum atomic E-state index is 12.9. The standard InChI is InChI=1S/C27H31ClN4O5S/c1-17(2)32(26(35)19-6-8-20(28)9-7-19)15-25(34)31-27-30-21(16-38-27)14-24(33)29-12-11-18-5-10-22(36-3)23(13-18)37-4/h5-10,13,16-17H,11-12,14-15H2,1-4H3,(H,29,33)(H,30,31,34). The molecule has 0 fully saturated rings. The SMILES string of the molecule is COc1ccc(CCNC(=O)Cc2csc(NC(=O)CN(C(=O)c3ccc(Cl)cc3)C(C)C)n2)cc1OC. The molecule has 0 aliphatic rings. The van der Waals surface area contributed by atoms with Gasteiger partial charge in [-0.05, 0) is 62.2 Å². The highest BCUT2D eigenvalue weighted by Gasteiger charge is 2.22. The maximum Gasteiger partial charge on any atom is 0.254 e. The minimum atomic E-state index is -0.374. The predicted octanol–water partition coefficient (Wildman–Crippen LogP) is 4.20. The zero-order valence-corrected chi connectivity index (χ0v) is 23.3. The Morgan fingerprint density at radius 1 is 1.03 bits per heavy atom. The number of hydrogen-bond acceptors (Lipinski definition) is 7. The first kappa shape index (κ1) is 28.9. The number of carbonyl (C=O) groups excluding carboxylic acids is 3. The maximum absolute atomic E-state index is 12.9. The van der Waals surface area contributed by atoms with Gasteiger partial charge < -0.3 is 25.0 Å². The van der Waals surface area contributed by atoms with Crippen LogP contribution in [-0.4, -0.2) is 61.0 Å². The number of benzene rings is 2. The average molecular weight is 559 g/mol. The van der Waals surface area contributed by atoms with Gasteiger partial charge in [0.25, 0.3) is 5.91 Å². The number of hydrogen-bond donors (Lipinski definition) is 2. The molecule has 0 saturated heterocycles. The molecule has 0 aliphatic heterocycles. The normalized spacial score (nSPS) is 10.7. The first-order valence-electron chi connectivity index (χ1n) is 12.0. The molecule has 0 spiro atoms. The molecule has 38 heavy (non-hydrogen) atoms. The van der Waals surface area contributed by atoms with E-state index in [-0.39, 0.29) is 36.7 Å². The van der Waals surface area contributed by atoms with Crippen molar-refractivity contribution in [1.82, 2.24) is 15.2 Å². The Morgan fingerprint density at radius 2 is 1.74 bits per heavy atom. The number of thiazole rings is 1. The molecule has 1 heterocycles. The van der Waals surface area contributed by atoms with Crippen molar-refractivity contribution >= 4 is 45.8 Å². The summed E-state index contributed by atoms with van der Waals surface area (Å²) in [6.07, 6.45) is 0.719. The molecule has 11 heteroatoms. The quantitative estimate of drug-likeness (QED) is 0.345. The largest absolute Gasteiger partial charge is 0.493 e. The third kappa shape index (κ3) is 8.19. The van der Waals surface area contributed by atoms with Crippen LogP contribution in [0.25, 0.3) is 0 Å². The van der Waals surface area contributed by atoms with Crippen LogP contribution in [0.15, 0.2) is 47.8 Å². The number of halogens is 1. The van der Waals surface area contributed by atoms with E-state index in [9.17, 15) is 14.4 Å². The van der Waals surface area contributed by atoms with Crippen molar-refractivity contribution in [3.05, 3.63) is 69.7 Å². The lowest BCUT2D eigenvalue weighted by Crippen LogP contribution is -2.42. The molecular weight excluding hydrogens is 528 g/mol.